The molecule has 0 spiro atoms. The monoisotopic (exact) mass is 485 g/mol. The molecule has 168 valence electrons. The molecule has 0 aliphatic rings. The number of hydrogen-bond acceptors (Lipinski definition) is 7. The molecule has 0 atom stereocenters. The Labute approximate surface area is 192 Å². The van der Waals surface area contributed by atoms with E-state index in [0.29, 0.717) is 20.9 Å². The molecule has 0 aliphatic carbocycles. The zero-order chi connectivity index (χ0) is 23.6. The van der Waals surface area contributed by atoms with Gasteiger partial charge in [0.15, 0.2) is 5.13 Å². The predicted molar refractivity (Wildman–Crippen MR) is 123 cm³/mol. The number of hydrogen-bond donors (Lipinski definition) is 2. The Morgan fingerprint density at radius 1 is 0.970 bits per heavy atom. The van der Waals surface area contributed by atoms with Crippen LogP contribution in [0.15, 0.2) is 71.6 Å². The van der Waals surface area contributed by atoms with Crippen molar-refractivity contribution in [2.75, 3.05) is 17.1 Å². The Balaban J connectivity index is 1.46. The molecule has 2 N–H and O–H groups in total. The first-order valence-electron chi connectivity index (χ1n) is 9.44. The lowest BCUT2D eigenvalue weighted by molar-refractivity contribution is 0.0600. The maximum absolute atomic E-state index is 13.0. The molecule has 8 nitrogen and oxygen atoms in total. The Bertz CT molecular complexity index is 1450. The number of amides is 1. The van der Waals surface area contributed by atoms with Crippen LogP contribution in [-0.2, 0) is 14.8 Å². The van der Waals surface area contributed by atoms with Crippen LogP contribution in [-0.4, -0.2) is 32.4 Å². The van der Waals surface area contributed by atoms with Crippen molar-refractivity contribution in [1.29, 1.82) is 0 Å². The van der Waals surface area contributed by atoms with Gasteiger partial charge in [-0.2, -0.15) is 0 Å². The van der Waals surface area contributed by atoms with Gasteiger partial charge in [-0.25, -0.2) is 22.6 Å². The first kappa shape index (κ1) is 22.4. The maximum Gasteiger partial charge on any atom is 0.337 e. The molecule has 0 saturated heterocycles. The number of rotatable bonds is 6. The molecule has 11 heteroatoms. The van der Waals surface area contributed by atoms with Crippen molar-refractivity contribution in [2.45, 2.75) is 4.90 Å². The Morgan fingerprint density at radius 2 is 1.64 bits per heavy atom. The number of carbonyl (C=O) groups is 2. The van der Waals surface area contributed by atoms with Gasteiger partial charge in [0.2, 0.25) is 0 Å². The number of carbonyl (C=O) groups excluding carboxylic acids is 2. The molecule has 0 fully saturated rings. The molecular weight excluding hydrogens is 469 g/mol. The highest BCUT2D eigenvalue weighted by molar-refractivity contribution is 7.92. The van der Waals surface area contributed by atoms with Gasteiger partial charge in [0, 0.05) is 11.3 Å². The van der Waals surface area contributed by atoms with Gasteiger partial charge in [-0.15, -0.1) is 0 Å². The topological polar surface area (TPSA) is 114 Å². The number of sulfonamides is 1. The van der Waals surface area contributed by atoms with Crippen molar-refractivity contribution < 1.29 is 27.1 Å². The largest absolute Gasteiger partial charge is 0.465 e. The molecular formula is C22H16FN3O5S2. The van der Waals surface area contributed by atoms with Gasteiger partial charge in [-0.1, -0.05) is 11.3 Å². The van der Waals surface area contributed by atoms with E-state index in [4.69, 9.17) is 4.74 Å². The quantitative estimate of drug-likeness (QED) is 0.394. The van der Waals surface area contributed by atoms with Crippen LogP contribution in [0.5, 0.6) is 0 Å². The number of halogens is 1. The third kappa shape index (κ3) is 4.99. The normalized spacial score (nSPS) is 11.2. The summed E-state index contributed by atoms with van der Waals surface area (Å²) in [5, 5.41) is 3.03. The summed E-state index contributed by atoms with van der Waals surface area (Å²) in [4.78, 5) is 28.5. The average Bonchev–Trinajstić information content (AvgIpc) is 3.20. The molecule has 1 amide bonds. The fraction of sp³-hybridized carbons (Fsp3) is 0.0455. The number of thiazole rings is 1. The molecule has 1 aromatic heterocycles. The SMILES string of the molecule is COC(=O)c1ccc2nc(NC(=O)c3ccc(NS(=O)(=O)c4ccc(F)cc4)cc3)sc2c1. The van der Waals surface area contributed by atoms with Gasteiger partial charge in [0.25, 0.3) is 15.9 Å². The third-order valence-corrected chi connectivity index (χ3v) is 6.88. The van der Waals surface area contributed by atoms with Gasteiger partial charge >= 0.3 is 5.97 Å². The van der Waals surface area contributed by atoms with Crippen LogP contribution in [0.4, 0.5) is 15.2 Å². The van der Waals surface area contributed by atoms with Crippen molar-refractivity contribution in [3.8, 4) is 0 Å². The first-order valence-corrected chi connectivity index (χ1v) is 11.7. The molecule has 3 aromatic carbocycles. The number of nitrogens with zero attached hydrogens (tertiary/aromatic N) is 1. The van der Waals surface area contributed by atoms with Gasteiger partial charge in [0.1, 0.15) is 5.82 Å². The number of esters is 1. The van der Waals surface area contributed by atoms with E-state index in [-0.39, 0.29) is 16.1 Å². The third-order valence-electron chi connectivity index (χ3n) is 4.55. The van der Waals surface area contributed by atoms with Crippen LogP contribution >= 0.6 is 11.3 Å². The van der Waals surface area contributed by atoms with Crippen LogP contribution < -0.4 is 10.0 Å². The van der Waals surface area contributed by atoms with E-state index in [1.807, 2.05) is 0 Å². The minimum absolute atomic E-state index is 0.0862. The lowest BCUT2D eigenvalue weighted by atomic mass is 10.2. The predicted octanol–water partition coefficient (Wildman–Crippen LogP) is 4.28. The first-order chi connectivity index (χ1) is 15.7. The van der Waals surface area contributed by atoms with Crippen molar-refractivity contribution in [2.24, 2.45) is 0 Å². The zero-order valence-electron chi connectivity index (χ0n) is 17.0. The summed E-state index contributed by atoms with van der Waals surface area (Å²) >= 11 is 1.20. The minimum atomic E-state index is -3.90. The van der Waals surface area contributed by atoms with Gasteiger partial charge in [-0.3, -0.25) is 14.8 Å². The second-order valence-corrected chi connectivity index (χ2v) is 9.50. The summed E-state index contributed by atoms with van der Waals surface area (Å²) in [5.41, 5.74) is 1.53. The van der Waals surface area contributed by atoms with Crippen LogP contribution in [0.1, 0.15) is 20.7 Å². The van der Waals surface area contributed by atoms with E-state index in [1.165, 1.54) is 42.7 Å². The Morgan fingerprint density at radius 3 is 2.30 bits per heavy atom. The molecule has 0 radical (unpaired) electrons. The van der Waals surface area contributed by atoms with Gasteiger partial charge in [-0.05, 0) is 66.7 Å². The molecule has 0 saturated carbocycles. The lowest BCUT2D eigenvalue weighted by Gasteiger charge is -2.09. The number of ether oxygens (including phenoxy) is 1. The number of aromatic nitrogens is 1. The van der Waals surface area contributed by atoms with Crippen molar-refractivity contribution in [3.05, 3.63) is 83.7 Å². The van der Waals surface area contributed by atoms with E-state index in [9.17, 15) is 22.4 Å². The second-order valence-electron chi connectivity index (χ2n) is 6.78. The number of fused-ring (bicyclic) bond motifs is 1. The summed E-state index contributed by atoms with van der Waals surface area (Å²) in [6, 6.07) is 15.1. The van der Waals surface area contributed by atoms with Crippen molar-refractivity contribution in [3.63, 3.8) is 0 Å². The van der Waals surface area contributed by atoms with Crippen LogP contribution in [0.25, 0.3) is 10.2 Å². The zero-order valence-corrected chi connectivity index (χ0v) is 18.7. The number of methoxy groups -OCH3 is 1. The second kappa shape index (κ2) is 8.96. The summed E-state index contributed by atoms with van der Waals surface area (Å²) in [6.07, 6.45) is 0. The van der Waals surface area contributed by atoms with Crippen molar-refractivity contribution >= 4 is 54.3 Å². The van der Waals surface area contributed by atoms with E-state index in [2.05, 4.69) is 15.0 Å². The summed E-state index contributed by atoms with van der Waals surface area (Å²) in [5.74, 6) is -1.44. The van der Waals surface area contributed by atoms with E-state index in [0.717, 1.165) is 24.3 Å². The van der Waals surface area contributed by atoms with Crippen LogP contribution in [0.3, 0.4) is 0 Å². The smallest absolute Gasteiger partial charge is 0.337 e. The number of anilines is 2. The molecule has 0 bridgehead atoms. The Hall–Kier alpha value is -3.83. The van der Waals surface area contributed by atoms with E-state index < -0.39 is 27.7 Å². The van der Waals surface area contributed by atoms with Gasteiger partial charge in [0.05, 0.1) is 27.8 Å². The van der Waals surface area contributed by atoms with E-state index >= 15 is 0 Å². The molecule has 4 rings (SSSR count). The summed E-state index contributed by atoms with van der Waals surface area (Å²) in [6.45, 7) is 0. The molecule has 33 heavy (non-hydrogen) atoms. The molecule has 4 aromatic rings. The fourth-order valence-electron chi connectivity index (χ4n) is 2.91. The van der Waals surface area contributed by atoms with Gasteiger partial charge < -0.3 is 4.74 Å². The minimum Gasteiger partial charge on any atom is -0.465 e. The maximum atomic E-state index is 13.0. The Kier molecular flexibility index (Phi) is 6.07. The van der Waals surface area contributed by atoms with Crippen LogP contribution in [0, 0.1) is 5.82 Å². The highest BCUT2D eigenvalue weighted by Crippen LogP contribution is 2.27. The summed E-state index contributed by atoms with van der Waals surface area (Å²) in [7, 11) is -2.60. The average molecular weight is 486 g/mol. The molecule has 1 heterocycles. The fourth-order valence-corrected chi connectivity index (χ4v) is 4.87. The van der Waals surface area contributed by atoms with Crippen LogP contribution in [0.2, 0.25) is 0 Å². The molecule has 0 unspecified atom stereocenters. The lowest BCUT2D eigenvalue weighted by Crippen LogP contribution is -2.14. The highest BCUT2D eigenvalue weighted by Gasteiger charge is 2.16. The summed E-state index contributed by atoms with van der Waals surface area (Å²) < 4.78 is 45.6. The van der Waals surface area contributed by atoms with E-state index in [1.54, 1.807) is 18.2 Å². The highest BCUT2D eigenvalue weighted by atomic mass is 32.2. The molecule has 0 aliphatic heterocycles. The van der Waals surface area contributed by atoms with Crippen molar-refractivity contribution in [1.82, 2.24) is 4.98 Å². The standard InChI is InChI=1S/C22H16FN3O5S2/c1-31-21(28)14-4-11-18-19(12-14)32-22(24-18)25-20(27)13-2-7-16(8-3-13)26-33(29,30)17-9-5-15(23)6-10-17/h2-12,26H,1H3,(H,24,25,27). The number of nitrogens with one attached hydrogen (secondary N) is 2. The number of benzene rings is 3.